The lowest BCUT2D eigenvalue weighted by molar-refractivity contribution is -0.134. The number of amides is 1. The summed E-state index contributed by atoms with van der Waals surface area (Å²) in [5.41, 5.74) is 1.25. The van der Waals surface area contributed by atoms with Crippen LogP contribution < -0.4 is 9.47 Å². The molecule has 126 valence electrons. The van der Waals surface area contributed by atoms with E-state index in [9.17, 15) is 4.79 Å². The normalized spacial score (nSPS) is 18.8. The molecule has 2 fully saturated rings. The maximum absolute atomic E-state index is 12.1. The molecule has 5 nitrogen and oxygen atoms in total. The first-order valence-corrected chi connectivity index (χ1v) is 8.43. The largest absolute Gasteiger partial charge is 0.493 e. The number of hydrogen-bond acceptors (Lipinski definition) is 4. The molecular formula is C18H26N2O3. The Morgan fingerprint density at radius 1 is 1.09 bits per heavy atom. The minimum atomic E-state index is 0.341. The summed E-state index contributed by atoms with van der Waals surface area (Å²) in [6, 6.07) is 6.10. The van der Waals surface area contributed by atoms with Crippen molar-refractivity contribution in [2.45, 2.75) is 19.3 Å². The fraction of sp³-hybridized carbons (Fsp3) is 0.611. The van der Waals surface area contributed by atoms with Gasteiger partial charge < -0.3 is 14.4 Å². The number of carbonyl (C=O) groups is 1. The monoisotopic (exact) mass is 318 g/mol. The third-order valence-electron chi connectivity index (χ3n) is 4.78. The zero-order valence-electron chi connectivity index (χ0n) is 14.1. The molecule has 5 heteroatoms. The van der Waals surface area contributed by atoms with Crippen molar-refractivity contribution in [2.75, 3.05) is 46.9 Å². The summed E-state index contributed by atoms with van der Waals surface area (Å²) in [5.74, 6) is 2.27. The van der Waals surface area contributed by atoms with Crippen molar-refractivity contribution in [3.63, 3.8) is 0 Å². The molecule has 3 rings (SSSR count). The van der Waals surface area contributed by atoms with Gasteiger partial charge in [-0.15, -0.1) is 0 Å². The molecule has 0 aromatic heterocycles. The maximum atomic E-state index is 12.1. The van der Waals surface area contributed by atoms with Crippen LogP contribution in [-0.2, 0) is 11.2 Å². The zero-order chi connectivity index (χ0) is 16.2. The number of hydrogen-bond donors (Lipinski definition) is 0. The fourth-order valence-corrected chi connectivity index (χ4v) is 3.10. The Bertz CT molecular complexity index is 549. The zero-order valence-corrected chi connectivity index (χ0v) is 14.1. The van der Waals surface area contributed by atoms with Gasteiger partial charge in [-0.05, 0) is 37.0 Å². The van der Waals surface area contributed by atoms with Crippen LogP contribution in [0.25, 0.3) is 0 Å². The van der Waals surface area contributed by atoms with Gasteiger partial charge in [-0.1, -0.05) is 6.07 Å². The van der Waals surface area contributed by atoms with E-state index in [1.54, 1.807) is 14.2 Å². The molecule has 0 radical (unpaired) electrons. The third kappa shape index (κ3) is 3.96. The second-order valence-corrected chi connectivity index (χ2v) is 6.38. The molecule has 1 heterocycles. The van der Waals surface area contributed by atoms with Gasteiger partial charge in [0.05, 0.1) is 14.2 Å². The second kappa shape index (κ2) is 7.21. The van der Waals surface area contributed by atoms with Crippen LogP contribution in [0.2, 0.25) is 0 Å². The Hall–Kier alpha value is -1.75. The highest BCUT2D eigenvalue weighted by Crippen LogP contribution is 2.31. The molecule has 1 aromatic carbocycles. The average Bonchev–Trinajstić information content (AvgIpc) is 3.44. The summed E-state index contributed by atoms with van der Waals surface area (Å²) in [6.07, 6.45) is 3.17. The first kappa shape index (κ1) is 16.1. The molecule has 1 aliphatic carbocycles. The van der Waals surface area contributed by atoms with Crippen molar-refractivity contribution in [1.29, 1.82) is 0 Å². The van der Waals surface area contributed by atoms with E-state index in [1.807, 2.05) is 17.0 Å². The molecular weight excluding hydrogens is 292 g/mol. The van der Waals surface area contributed by atoms with Crippen molar-refractivity contribution in [1.82, 2.24) is 9.80 Å². The lowest BCUT2D eigenvalue weighted by atomic mass is 10.1. The molecule has 2 aliphatic rings. The minimum absolute atomic E-state index is 0.341. The first-order chi connectivity index (χ1) is 11.2. The van der Waals surface area contributed by atoms with Crippen LogP contribution in [0.4, 0.5) is 0 Å². The molecule has 0 unspecified atom stereocenters. The van der Waals surface area contributed by atoms with Crippen LogP contribution in [-0.4, -0.2) is 62.7 Å². The van der Waals surface area contributed by atoms with Gasteiger partial charge in [0, 0.05) is 38.6 Å². The SMILES string of the molecule is COc1ccc(CCN2CCN(C(=O)C3CC3)CC2)cc1OC. The summed E-state index contributed by atoms with van der Waals surface area (Å²) in [6.45, 7) is 4.72. The standard InChI is InChI=1S/C18H26N2O3/c1-22-16-6-3-14(13-17(16)23-2)7-8-19-9-11-20(12-10-19)18(21)15-4-5-15/h3,6,13,15H,4-5,7-12H2,1-2H3. The smallest absolute Gasteiger partial charge is 0.225 e. The summed E-state index contributed by atoms with van der Waals surface area (Å²) in [7, 11) is 3.32. The third-order valence-corrected chi connectivity index (χ3v) is 4.78. The average molecular weight is 318 g/mol. The van der Waals surface area contributed by atoms with Crippen LogP contribution in [0.5, 0.6) is 11.5 Å². The van der Waals surface area contributed by atoms with Crippen LogP contribution >= 0.6 is 0 Å². The fourth-order valence-electron chi connectivity index (χ4n) is 3.10. The van der Waals surface area contributed by atoms with E-state index in [2.05, 4.69) is 11.0 Å². The Morgan fingerprint density at radius 2 is 1.78 bits per heavy atom. The maximum Gasteiger partial charge on any atom is 0.225 e. The van der Waals surface area contributed by atoms with Crippen LogP contribution in [0.3, 0.4) is 0 Å². The number of nitrogens with zero attached hydrogens (tertiary/aromatic N) is 2. The molecule has 1 amide bonds. The van der Waals surface area contributed by atoms with Crippen LogP contribution in [0.1, 0.15) is 18.4 Å². The first-order valence-electron chi connectivity index (χ1n) is 8.43. The van der Waals surface area contributed by atoms with Crippen molar-refractivity contribution in [3.05, 3.63) is 23.8 Å². The lowest BCUT2D eigenvalue weighted by Gasteiger charge is -2.34. The summed E-state index contributed by atoms with van der Waals surface area (Å²) < 4.78 is 10.6. The van der Waals surface area contributed by atoms with E-state index in [0.29, 0.717) is 11.8 Å². The number of benzene rings is 1. The molecule has 1 saturated heterocycles. The Kier molecular flexibility index (Phi) is 5.06. The van der Waals surface area contributed by atoms with E-state index in [1.165, 1.54) is 5.56 Å². The quantitative estimate of drug-likeness (QED) is 0.802. The highest BCUT2D eigenvalue weighted by Gasteiger charge is 2.34. The van der Waals surface area contributed by atoms with Gasteiger partial charge in [0.2, 0.25) is 5.91 Å². The van der Waals surface area contributed by atoms with Gasteiger partial charge >= 0.3 is 0 Å². The van der Waals surface area contributed by atoms with Gasteiger partial charge in [-0.25, -0.2) is 0 Å². The summed E-state index contributed by atoms with van der Waals surface area (Å²) >= 11 is 0. The minimum Gasteiger partial charge on any atom is -0.493 e. The predicted molar refractivity (Wildman–Crippen MR) is 89.0 cm³/mol. The molecule has 23 heavy (non-hydrogen) atoms. The van der Waals surface area contributed by atoms with E-state index < -0.39 is 0 Å². The van der Waals surface area contributed by atoms with Crippen LogP contribution in [0.15, 0.2) is 18.2 Å². The molecule has 1 saturated carbocycles. The number of rotatable bonds is 6. The number of piperazine rings is 1. The van der Waals surface area contributed by atoms with Crippen molar-refractivity contribution >= 4 is 5.91 Å². The van der Waals surface area contributed by atoms with Crippen molar-refractivity contribution < 1.29 is 14.3 Å². The number of ether oxygens (including phenoxy) is 2. The predicted octanol–water partition coefficient (Wildman–Crippen LogP) is 1.80. The molecule has 0 atom stereocenters. The van der Waals surface area contributed by atoms with Gasteiger partial charge in [0.25, 0.3) is 0 Å². The van der Waals surface area contributed by atoms with Crippen molar-refractivity contribution in [2.24, 2.45) is 5.92 Å². The van der Waals surface area contributed by atoms with E-state index in [-0.39, 0.29) is 0 Å². The highest BCUT2D eigenvalue weighted by atomic mass is 16.5. The van der Waals surface area contributed by atoms with E-state index in [4.69, 9.17) is 9.47 Å². The Labute approximate surface area is 138 Å². The summed E-state index contributed by atoms with van der Waals surface area (Å²) in [5, 5.41) is 0. The van der Waals surface area contributed by atoms with Crippen LogP contribution in [0, 0.1) is 5.92 Å². The topological polar surface area (TPSA) is 42.0 Å². The van der Waals surface area contributed by atoms with E-state index >= 15 is 0 Å². The lowest BCUT2D eigenvalue weighted by Crippen LogP contribution is -2.49. The second-order valence-electron chi connectivity index (χ2n) is 6.38. The molecule has 0 spiro atoms. The number of methoxy groups -OCH3 is 2. The molecule has 0 bridgehead atoms. The molecule has 1 aliphatic heterocycles. The van der Waals surface area contributed by atoms with Gasteiger partial charge in [0.1, 0.15) is 0 Å². The van der Waals surface area contributed by atoms with Gasteiger partial charge in [-0.3, -0.25) is 9.69 Å². The molecule has 0 N–H and O–H groups in total. The van der Waals surface area contributed by atoms with Gasteiger partial charge in [-0.2, -0.15) is 0 Å². The van der Waals surface area contributed by atoms with E-state index in [0.717, 1.165) is 63.5 Å². The highest BCUT2D eigenvalue weighted by molar-refractivity contribution is 5.81. The Balaban J connectivity index is 1.47. The Morgan fingerprint density at radius 3 is 2.39 bits per heavy atom. The van der Waals surface area contributed by atoms with Crippen molar-refractivity contribution in [3.8, 4) is 11.5 Å². The molecule has 1 aromatic rings. The van der Waals surface area contributed by atoms with Gasteiger partial charge in [0.15, 0.2) is 11.5 Å². The summed E-state index contributed by atoms with van der Waals surface area (Å²) in [4.78, 5) is 16.5. The number of carbonyl (C=O) groups excluding carboxylic acids is 1.